The zero-order valence-corrected chi connectivity index (χ0v) is 11.4. The van der Waals surface area contributed by atoms with Crippen LogP contribution >= 0.6 is 0 Å². The largest absolute Gasteiger partial charge is 0.508 e. The summed E-state index contributed by atoms with van der Waals surface area (Å²) in [5.74, 6) is -0.380. The van der Waals surface area contributed by atoms with Gasteiger partial charge in [0.05, 0.1) is 6.61 Å². The lowest BCUT2D eigenvalue weighted by atomic mass is 10.0. The molecule has 0 unspecified atom stereocenters. The molecule has 0 bridgehead atoms. The van der Waals surface area contributed by atoms with Gasteiger partial charge >= 0.3 is 5.97 Å². The Kier molecular flexibility index (Phi) is 5.36. The highest BCUT2D eigenvalue weighted by Gasteiger charge is 2.12. The highest BCUT2D eigenvalue weighted by molar-refractivity contribution is 6.03. The van der Waals surface area contributed by atoms with E-state index in [1.807, 2.05) is 6.92 Å². The Morgan fingerprint density at radius 1 is 1.32 bits per heavy atom. The molecule has 5 nitrogen and oxygen atoms in total. The molecular formula is C14H19NO4. The second-order valence-corrected chi connectivity index (χ2v) is 4.03. The summed E-state index contributed by atoms with van der Waals surface area (Å²) in [6.07, 6.45) is 0.567. The summed E-state index contributed by atoms with van der Waals surface area (Å²) >= 11 is 0. The van der Waals surface area contributed by atoms with Crippen molar-refractivity contribution in [3.05, 3.63) is 23.3 Å². The Balaban J connectivity index is 3.01. The highest BCUT2D eigenvalue weighted by atomic mass is 16.5. The molecule has 104 valence electrons. The molecule has 2 N–H and O–H groups in total. The van der Waals surface area contributed by atoms with E-state index >= 15 is 0 Å². The Morgan fingerprint density at radius 3 is 2.58 bits per heavy atom. The molecule has 1 rings (SSSR count). The van der Waals surface area contributed by atoms with Crippen molar-refractivity contribution >= 4 is 11.7 Å². The van der Waals surface area contributed by atoms with Crippen LogP contribution in [0, 0.1) is 6.92 Å². The number of aromatic hydroxyl groups is 2. The van der Waals surface area contributed by atoms with E-state index in [1.165, 1.54) is 6.07 Å². The third-order valence-corrected chi connectivity index (χ3v) is 2.75. The van der Waals surface area contributed by atoms with Gasteiger partial charge in [-0.15, -0.1) is 0 Å². The molecule has 0 aromatic heterocycles. The fourth-order valence-electron chi connectivity index (χ4n) is 1.68. The van der Waals surface area contributed by atoms with Crippen LogP contribution in [0.15, 0.2) is 17.1 Å². The van der Waals surface area contributed by atoms with Gasteiger partial charge in [0.15, 0.2) is 0 Å². The van der Waals surface area contributed by atoms with E-state index in [0.29, 0.717) is 29.9 Å². The van der Waals surface area contributed by atoms with Gasteiger partial charge in [-0.1, -0.05) is 6.92 Å². The molecule has 0 spiro atoms. The van der Waals surface area contributed by atoms with E-state index in [-0.39, 0.29) is 18.0 Å². The van der Waals surface area contributed by atoms with Crippen molar-refractivity contribution in [1.29, 1.82) is 0 Å². The number of rotatable bonds is 5. The average Bonchev–Trinajstić information content (AvgIpc) is 2.39. The van der Waals surface area contributed by atoms with Crippen molar-refractivity contribution in [2.45, 2.75) is 27.2 Å². The van der Waals surface area contributed by atoms with Gasteiger partial charge in [-0.2, -0.15) is 0 Å². The quantitative estimate of drug-likeness (QED) is 0.631. The number of esters is 1. The molecule has 1 aromatic carbocycles. The number of benzene rings is 1. The predicted molar refractivity (Wildman–Crippen MR) is 72.8 cm³/mol. The highest BCUT2D eigenvalue weighted by Crippen LogP contribution is 2.30. The summed E-state index contributed by atoms with van der Waals surface area (Å²) < 4.78 is 4.80. The van der Waals surface area contributed by atoms with Gasteiger partial charge in [-0.3, -0.25) is 9.79 Å². The molecule has 0 saturated heterocycles. The van der Waals surface area contributed by atoms with Crippen LogP contribution in [0.1, 0.15) is 31.4 Å². The normalized spacial score (nSPS) is 11.4. The summed E-state index contributed by atoms with van der Waals surface area (Å²) in [7, 11) is 0. The molecule has 0 aliphatic rings. The summed E-state index contributed by atoms with van der Waals surface area (Å²) in [4.78, 5) is 15.4. The molecule has 0 atom stereocenters. The first kappa shape index (κ1) is 15.0. The Morgan fingerprint density at radius 2 is 2.00 bits per heavy atom. The first-order chi connectivity index (χ1) is 9.01. The van der Waals surface area contributed by atoms with E-state index in [2.05, 4.69) is 4.99 Å². The van der Waals surface area contributed by atoms with Gasteiger partial charge in [0.2, 0.25) is 0 Å². The fourth-order valence-corrected chi connectivity index (χ4v) is 1.68. The molecule has 0 aliphatic heterocycles. The van der Waals surface area contributed by atoms with Gasteiger partial charge in [0.25, 0.3) is 0 Å². The van der Waals surface area contributed by atoms with Crippen LogP contribution in [0.25, 0.3) is 0 Å². The number of phenols is 2. The molecular weight excluding hydrogens is 246 g/mol. The molecule has 0 saturated carbocycles. The molecule has 19 heavy (non-hydrogen) atoms. The Hall–Kier alpha value is -2.04. The van der Waals surface area contributed by atoms with Crippen molar-refractivity contribution in [2.24, 2.45) is 4.99 Å². The topological polar surface area (TPSA) is 79.1 Å². The summed E-state index contributed by atoms with van der Waals surface area (Å²) in [6.45, 7) is 5.48. The van der Waals surface area contributed by atoms with Crippen LogP contribution in [-0.4, -0.2) is 35.0 Å². The lowest BCUT2D eigenvalue weighted by Crippen LogP contribution is -2.10. The van der Waals surface area contributed by atoms with Gasteiger partial charge < -0.3 is 14.9 Å². The monoisotopic (exact) mass is 265 g/mol. The first-order valence-corrected chi connectivity index (χ1v) is 6.22. The number of carbonyl (C=O) groups excluding carboxylic acids is 1. The van der Waals surface area contributed by atoms with Crippen molar-refractivity contribution < 1.29 is 19.7 Å². The Bertz CT molecular complexity index is 494. The zero-order chi connectivity index (χ0) is 14.4. The maximum atomic E-state index is 11.3. The zero-order valence-electron chi connectivity index (χ0n) is 11.4. The lowest BCUT2D eigenvalue weighted by molar-refractivity contribution is -0.141. The second-order valence-electron chi connectivity index (χ2n) is 4.03. The minimum Gasteiger partial charge on any atom is -0.508 e. The van der Waals surface area contributed by atoms with Crippen LogP contribution in [0.2, 0.25) is 0 Å². The number of nitrogens with zero attached hydrogens (tertiary/aromatic N) is 1. The molecule has 5 heteroatoms. The minimum absolute atomic E-state index is 0.00976. The number of ether oxygens (including phenoxy) is 1. The van der Waals surface area contributed by atoms with E-state index in [1.54, 1.807) is 19.9 Å². The smallest absolute Gasteiger partial charge is 0.327 e. The van der Waals surface area contributed by atoms with E-state index in [0.717, 1.165) is 0 Å². The number of aliphatic imine (C=N–C) groups is 1. The van der Waals surface area contributed by atoms with Gasteiger partial charge in [0, 0.05) is 16.8 Å². The van der Waals surface area contributed by atoms with E-state index in [9.17, 15) is 15.0 Å². The summed E-state index contributed by atoms with van der Waals surface area (Å²) in [5.41, 5.74) is 1.53. The lowest BCUT2D eigenvalue weighted by Gasteiger charge is -2.10. The fraction of sp³-hybridized carbons (Fsp3) is 0.429. The van der Waals surface area contributed by atoms with Crippen molar-refractivity contribution in [1.82, 2.24) is 0 Å². The molecule has 0 aliphatic carbocycles. The number of hydrogen-bond acceptors (Lipinski definition) is 5. The van der Waals surface area contributed by atoms with E-state index in [4.69, 9.17) is 4.74 Å². The van der Waals surface area contributed by atoms with Crippen molar-refractivity contribution in [2.75, 3.05) is 13.2 Å². The van der Waals surface area contributed by atoms with E-state index < -0.39 is 5.97 Å². The first-order valence-electron chi connectivity index (χ1n) is 6.22. The maximum Gasteiger partial charge on any atom is 0.327 e. The van der Waals surface area contributed by atoms with Crippen LogP contribution < -0.4 is 0 Å². The standard InChI is InChI=1S/C14H19NO4/c1-4-11(15-8-13(17)19-5-2)10-6-7-12(16)9(3)14(10)18/h6-7,16,18H,4-5,8H2,1-3H3/b15-11+. The molecule has 0 amide bonds. The summed E-state index contributed by atoms with van der Waals surface area (Å²) in [6, 6.07) is 3.09. The third kappa shape index (κ3) is 3.71. The minimum atomic E-state index is -0.400. The van der Waals surface area contributed by atoms with Crippen LogP contribution in [0.4, 0.5) is 0 Å². The van der Waals surface area contributed by atoms with Gasteiger partial charge in [0.1, 0.15) is 18.0 Å². The van der Waals surface area contributed by atoms with Crippen LogP contribution in [-0.2, 0) is 9.53 Å². The molecule has 1 aromatic rings. The summed E-state index contributed by atoms with van der Waals surface area (Å²) in [5, 5.41) is 19.5. The second kappa shape index (κ2) is 6.78. The van der Waals surface area contributed by atoms with Gasteiger partial charge in [-0.05, 0) is 32.4 Å². The maximum absolute atomic E-state index is 11.3. The third-order valence-electron chi connectivity index (χ3n) is 2.75. The molecule has 0 heterocycles. The number of hydrogen-bond donors (Lipinski definition) is 2. The predicted octanol–water partition coefficient (Wildman–Crippen LogP) is 2.17. The number of phenolic OH excluding ortho intramolecular Hbond substituents is 2. The van der Waals surface area contributed by atoms with Crippen LogP contribution in [0.5, 0.6) is 11.5 Å². The van der Waals surface area contributed by atoms with Crippen molar-refractivity contribution in [3.63, 3.8) is 0 Å². The van der Waals surface area contributed by atoms with Gasteiger partial charge in [-0.25, -0.2) is 0 Å². The number of carbonyl (C=O) groups is 1. The Labute approximate surface area is 112 Å². The van der Waals surface area contributed by atoms with Crippen LogP contribution in [0.3, 0.4) is 0 Å². The average molecular weight is 265 g/mol. The molecule has 0 radical (unpaired) electrons. The molecule has 0 fully saturated rings. The SMILES string of the molecule is CCOC(=O)C/N=C(\CC)c1ccc(O)c(C)c1O. The van der Waals surface area contributed by atoms with Crippen molar-refractivity contribution in [3.8, 4) is 11.5 Å².